The lowest BCUT2D eigenvalue weighted by Gasteiger charge is -2.13. The molecule has 0 radical (unpaired) electrons. The van der Waals surface area contributed by atoms with E-state index in [-0.39, 0.29) is 0 Å². The molecule has 9 heterocycles. The molecule has 11 heteroatoms. The quantitative estimate of drug-likeness (QED) is 0.168. The number of hydrogen-bond acceptors (Lipinski definition) is 7. The molecule has 0 aliphatic carbocycles. The van der Waals surface area contributed by atoms with Crippen molar-refractivity contribution in [2.45, 2.75) is 0 Å². The zero-order valence-electron chi connectivity index (χ0n) is 31.3. The van der Waals surface area contributed by atoms with E-state index in [0.717, 1.165) is 22.2 Å². The van der Waals surface area contributed by atoms with Gasteiger partial charge in [-0.1, -0.05) is 12.1 Å². The second-order valence-corrected chi connectivity index (χ2v) is 19.1. The van der Waals surface area contributed by atoms with Gasteiger partial charge in [-0.25, -0.2) is 0 Å². The van der Waals surface area contributed by atoms with Crippen molar-refractivity contribution in [2.24, 2.45) is 28.2 Å². The Balaban J connectivity index is 1.10. The lowest BCUT2D eigenvalue weighted by atomic mass is 9.97. The number of rotatable bonds is 6. The topological polar surface area (TPSA) is 45.5 Å². The largest absolute Gasteiger partial charge is 0.351 e. The monoisotopic (exact) mass is 828 g/mol. The average molecular weight is 829 g/mol. The third-order valence-electron chi connectivity index (χ3n) is 11.5. The van der Waals surface area contributed by atoms with Crippen LogP contribution in [0.4, 0.5) is 0 Å². The highest BCUT2D eigenvalue weighted by Crippen LogP contribution is 2.53. The zero-order valence-corrected chi connectivity index (χ0v) is 35.4. The fourth-order valence-corrected chi connectivity index (χ4v) is 13.9. The van der Waals surface area contributed by atoms with Crippen LogP contribution < -0.4 is 0 Å². The van der Waals surface area contributed by atoms with E-state index in [4.69, 9.17) is 8.75 Å². The molecular weight excluding hydrogens is 797 g/mol. The summed E-state index contributed by atoms with van der Waals surface area (Å²) in [4.78, 5) is 2.40. The van der Waals surface area contributed by atoms with Crippen LogP contribution >= 0.6 is 57.1 Å². The molecule has 0 unspecified atom stereocenters. The Morgan fingerprint density at radius 2 is 0.789 bits per heavy atom. The van der Waals surface area contributed by atoms with E-state index in [9.17, 15) is 0 Å². The molecular formula is C46H32N6S5. The van der Waals surface area contributed by atoms with Crippen molar-refractivity contribution in [1.82, 2.24) is 27.0 Å². The van der Waals surface area contributed by atoms with E-state index >= 15 is 0 Å². The van der Waals surface area contributed by atoms with Crippen LogP contribution in [0.1, 0.15) is 0 Å². The van der Waals surface area contributed by atoms with E-state index in [2.05, 4.69) is 167 Å². The van der Waals surface area contributed by atoms with Gasteiger partial charge in [-0.15, -0.1) is 45.3 Å². The summed E-state index contributed by atoms with van der Waals surface area (Å²) >= 11 is 8.69. The van der Waals surface area contributed by atoms with E-state index < -0.39 is 0 Å². The predicted octanol–water partition coefficient (Wildman–Crippen LogP) is 13.9. The van der Waals surface area contributed by atoms with Crippen molar-refractivity contribution in [3.8, 4) is 65.9 Å². The molecule has 12 rings (SSSR count). The van der Waals surface area contributed by atoms with Gasteiger partial charge in [0.05, 0.1) is 11.7 Å². The lowest BCUT2D eigenvalue weighted by molar-refractivity contribution is 0.938. The predicted molar refractivity (Wildman–Crippen MR) is 247 cm³/mol. The SMILES string of the molecule is Cn1cccc1-c1c2cc(-c3ccc(-c4cc5c(-c6cccn6C)c6sccc6c(-c6cccn6C)c5s4)c4nsnc34)sc2c(-c2cccn2C)c2ccsc12. The molecule has 9 aromatic heterocycles. The number of hydrogen-bond donors (Lipinski definition) is 0. The number of nitrogens with zero attached hydrogens (tertiary/aromatic N) is 6. The summed E-state index contributed by atoms with van der Waals surface area (Å²) in [7, 11) is 8.58. The van der Waals surface area contributed by atoms with E-state index in [1.165, 1.54) is 107 Å². The highest BCUT2D eigenvalue weighted by molar-refractivity contribution is 7.24. The molecule has 0 bridgehead atoms. The minimum Gasteiger partial charge on any atom is -0.351 e. The molecule has 0 aliphatic rings. The van der Waals surface area contributed by atoms with Gasteiger partial charge >= 0.3 is 0 Å². The number of fused-ring (bicyclic) bond motifs is 5. The van der Waals surface area contributed by atoms with Crippen LogP contribution in [0.3, 0.4) is 0 Å². The number of benzene rings is 3. The van der Waals surface area contributed by atoms with E-state index in [1.54, 1.807) is 0 Å². The molecule has 276 valence electrons. The fourth-order valence-electron chi connectivity index (χ4n) is 8.84. The summed E-state index contributed by atoms with van der Waals surface area (Å²) in [6.45, 7) is 0. The van der Waals surface area contributed by atoms with Gasteiger partial charge in [0.25, 0.3) is 0 Å². The maximum absolute atomic E-state index is 5.03. The Kier molecular flexibility index (Phi) is 7.34. The molecule has 3 aromatic carbocycles. The number of thiophene rings is 4. The average Bonchev–Trinajstić information content (AvgIpc) is 4.03. The Labute approximate surface area is 347 Å². The third kappa shape index (κ3) is 4.77. The maximum Gasteiger partial charge on any atom is 0.114 e. The minimum atomic E-state index is 0.954. The summed E-state index contributed by atoms with van der Waals surface area (Å²) in [5.41, 5.74) is 14.2. The van der Waals surface area contributed by atoms with Crippen LogP contribution in [0.15, 0.2) is 120 Å². The van der Waals surface area contributed by atoms with Crippen LogP contribution in [0.25, 0.3) is 117 Å². The van der Waals surface area contributed by atoms with Crippen molar-refractivity contribution in [3.05, 3.63) is 120 Å². The second kappa shape index (κ2) is 12.5. The Bertz CT molecular complexity index is 3130. The maximum atomic E-state index is 5.03. The van der Waals surface area contributed by atoms with Crippen molar-refractivity contribution in [1.29, 1.82) is 0 Å². The molecule has 6 nitrogen and oxygen atoms in total. The van der Waals surface area contributed by atoms with Gasteiger partial charge in [0.1, 0.15) is 11.0 Å². The normalized spacial score (nSPS) is 12.2. The van der Waals surface area contributed by atoms with E-state index in [0.29, 0.717) is 0 Å². The van der Waals surface area contributed by atoms with Gasteiger partial charge in [0.2, 0.25) is 0 Å². The zero-order chi connectivity index (χ0) is 38.1. The van der Waals surface area contributed by atoms with Gasteiger partial charge in [0, 0.05) is 159 Å². The third-order valence-corrected chi connectivity index (χ3v) is 16.3. The summed E-state index contributed by atoms with van der Waals surface area (Å²) in [5, 5.41) is 9.61. The highest BCUT2D eigenvalue weighted by Gasteiger charge is 2.26. The second-order valence-electron chi connectivity index (χ2n) is 14.7. The summed E-state index contributed by atoms with van der Waals surface area (Å²) in [5.74, 6) is 0. The Hall–Kier alpha value is -5.56. The molecule has 12 aromatic rings. The lowest BCUT2D eigenvalue weighted by Crippen LogP contribution is -1.93. The number of aromatic nitrogens is 6. The Morgan fingerprint density at radius 1 is 0.421 bits per heavy atom. The van der Waals surface area contributed by atoms with Gasteiger partial charge in [0.15, 0.2) is 0 Å². The molecule has 57 heavy (non-hydrogen) atoms. The van der Waals surface area contributed by atoms with Gasteiger partial charge in [-0.05, 0) is 83.6 Å². The van der Waals surface area contributed by atoms with Crippen LogP contribution in [0.2, 0.25) is 0 Å². The first-order chi connectivity index (χ1) is 27.9. The Morgan fingerprint density at radius 3 is 1.14 bits per heavy atom. The molecule has 0 amide bonds. The minimum absolute atomic E-state index is 0.954. The molecule has 0 N–H and O–H groups in total. The van der Waals surface area contributed by atoms with Gasteiger partial charge in [-0.3, -0.25) is 0 Å². The van der Waals surface area contributed by atoms with Crippen LogP contribution in [-0.2, 0) is 28.2 Å². The summed E-state index contributed by atoms with van der Waals surface area (Å²) in [6, 6.07) is 31.5. The van der Waals surface area contributed by atoms with Gasteiger partial charge in [-0.2, -0.15) is 8.75 Å². The van der Waals surface area contributed by atoms with Crippen LogP contribution in [0, 0.1) is 0 Å². The molecule has 0 atom stereocenters. The van der Waals surface area contributed by atoms with Crippen molar-refractivity contribution < 1.29 is 0 Å². The molecule has 0 saturated heterocycles. The first-order valence-corrected chi connectivity index (χ1v) is 22.7. The summed E-state index contributed by atoms with van der Waals surface area (Å²) in [6.07, 6.45) is 8.58. The van der Waals surface area contributed by atoms with Crippen molar-refractivity contribution in [2.75, 3.05) is 0 Å². The van der Waals surface area contributed by atoms with Crippen LogP contribution in [-0.4, -0.2) is 27.0 Å². The number of aryl methyl sites for hydroxylation is 4. The molecule has 0 spiro atoms. The first-order valence-electron chi connectivity index (χ1n) is 18.6. The highest BCUT2D eigenvalue weighted by atomic mass is 32.1. The summed E-state index contributed by atoms with van der Waals surface area (Å²) < 4.78 is 24.2. The van der Waals surface area contributed by atoms with Crippen LogP contribution in [0.5, 0.6) is 0 Å². The van der Waals surface area contributed by atoms with Crippen molar-refractivity contribution in [3.63, 3.8) is 0 Å². The van der Waals surface area contributed by atoms with Crippen molar-refractivity contribution >= 4 is 108 Å². The molecule has 0 fully saturated rings. The fraction of sp³-hybridized carbons (Fsp3) is 0.0870. The molecule has 0 aliphatic heterocycles. The molecule has 0 saturated carbocycles. The standard InChI is InChI=1S/C46H32N6S5/c1-49-17-5-9-31(49)37-27-15-21-53-43(27)39(33-11-7-19-51(33)3)29-23-35(55-45(29)37)25-13-14-26(42-41(25)47-57-48-42)36-24-30-40(34-12-8-20-52(34)4)44-28(16-22-54-44)38(46(30)56-36)32-10-6-18-50(32)2/h5-24H,1-4H3. The van der Waals surface area contributed by atoms with Gasteiger partial charge < -0.3 is 18.3 Å². The first kappa shape index (κ1) is 33.6. The van der Waals surface area contributed by atoms with E-state index in [1.807, 2.05) is 45.3 Å². The smallest absolute Gasteiger partial charge is 0.114 e.